The van der Waals surface area contributed by atoms with E-state index in [0.717, 1.165) is 24.8 Å². The zero-order valence-corrected chi connectivity index (χ0v) is 13.8. The van der Waals surface area contributed by atoms with Crippen LogP contribution in [-0.4, -0.2) is 57.5 Å². The number of pyridine rings is 1. The molecule has 3 N–H and O–H groups in total. The third kappa shape index (κ3) is 3.94. The van der Waals surface area contributed by atoms with E-state index >= 15 is 0 Å². The van der Waals surface area contributed by atoms with Crippen molar-refractivity contribution in [1.29, 1.82) is 0 Å². The van der Waals surface area contributed by atoms with Gasteiger partial charge < -0.3 is 20.1 Å². The van der Waals surface area contributed by atoms with Crippen LogP contribution in [0.1, 0.15) is 25.1 Å². The van der Waals surface area contributed by atoms with Crippen molar-refractivity contribution in [3.8, 4) is 0 Å². The Labute approximate surface area is 145 Å². The summed E-state index contributed by atoms with van der Waals surface area (Å²) in [6.45, 7) is 1.98. The SMILES string of the molecule is CC(C)(O)c1nc(N2CCO[C@H](C(O)C(=O)O)C2=O)ccc1C(F)(F)F. The first kappa shape index (κ1) is 20.1. The number of nitrogens with zero attached hydrogens (tertiary/aromatic N) is 2. The highest BCUT2D eigenvalue weighted by Crippen LogP contribution is 2.37. The molecular formula is C15H17F3N2O6. The van der Waals surface area contributed by atoms with Crippen molar-refractivity contribution in [1.82, 2.24) is 4.98 Å². The normalized spacial score (nSPS) is 20.2. The lowest BCUT2D eigenvalue weighted by Crippen LogP contribution is -2.54. The number of ether oxygens (including phenoxy) is 1. The van der Waals surface area contributed by atoms with E-state index in [1.165, 1.54) is 0 Å². The first-order valence-electron chi connectivity index (χ1n) is 7.49. The number of rotatable bonds is 4. The van der Waals surface area contributed by atoms with Crippen molar-refractivity contribution < 1.29 is 42.8 Å². The Bertz CT molecular complexity index is 716. The number of morpholine rings is 1. The molecule has 2 atom stereocenters. The van der Waals surface area contributed by atoms with Gasteiger partial charge in [-0.2, -0.15) is 13.2 Å². The molecule has 2 rings (SSSR count). The summed E-state index contributed by atoms with van der Waals surface area (Å²) in [5.41, 5.74) is -3.79. The number of hydrogen-bond acceptors (Lipinski definition) is 6. The Hall–Kier alpha value is -2.24. The van der Waals surface area contributed by atoms with Crippen LogP contribution in [0.3, 0.4) is 0 Å². The first-order chi connectivity index (χ1) is 11.8. The minimum Gasteiger partial charge on any atom is -0.479 e. The highest BCUT2D eigenvalue weighted by molar-refractivity contribution is 5.99. The van der Waals surface area contributed by atoms with Gasteiger partial charge in [-0.05, 0) is 26.0 Å². The van der Waals surface area contributed by atoms with Gasteiger partial charge in [-0.15, -0.1) is 0 Å². The number of anilines is 1. The van der Waals surface area contributed by atoms with E-state index in [1.54, 1.807) is 0 Å². The lowest BCUT2D eigenvalue weighted by atomic mass is 9.98. The molecule has 1 amide bonds. The summed E-state index contributed by atoms with van der Waals surface area (Å²) in [4.78, 5) is 27.9. The predicted octanol–water partition coefficient (Wildman–Crippen LogP) is 0.505. The third-order valence-corrected chi connectivity index (χ3v) is 3.70. The van der Waals surface area contributed by atoms with Gasteiger partial charge in [0.2, 0.25) is 0 Å². The molecule has 1 unspecified atom stereocenters. The summed E-state index contributed by atoms with van der Waals surface area (Å²) in [7, 11) is 0. The molecule has 11 heteroatoms. The minimum atomic E-state index is -4.77. The molecule has 1 aromatic heterocycles. The van der Waals surface area contributed by atoms with Crippen LogP contribution in [-0.2, 0) is 26.1 Å². The molecule has 8 nitrogen and oxygen atoms in total. The number of amides is 1. The van der Waals surface area contributed by atoms with Gasteiger partial charge in [0.1, 0.15) is 11.4 Å². The Kier molecular flexibility index (Phi) is 5.26. The standard InChI is InChI=1S/C15H17F3N2O6/c1-14(2,25)11-7(15(16,17)18)3-4-8(19-11)20-5-6-26-10(12(20)22)9(21)13(23)24/h3-4,9-10,21,25H,5-6H2,1-2H3,(H,23,24)/t9?,10-/m1/s1. The van der Waals surface area contributed by atoms with Crippen LogP contribution >= 0.6 is 0 Å². The van der Waals surface area contributed by atoms with Gasteiger partial charge in [0.25, 0.3) is 5.91 Å². The van der Waals surface area contributed by atoms with E-state index in [9.17, 15) is 33.0 Å². The monoisotopic (exact) mass is 378 g/mol. The van der Waals surface area contributed by atoms with E-state index < -0.39 is 47.1 Å². The topological polar surface area (TPSA) is 120 Å². The van der Waals surface area contributed by atoms with E-state index in [2.05, 4.69) is 4.98 Å². The second-order valence-electron chi connectivity index (χ2n) is 6.19. The molecule has 144 valence electrons. The third-order valence-electron chi connectivity index (χ3n) is 3.70. The molecule has 0 aliphatic carbocycles. The van der Waals surface area contributed by atoms with Gasteiger partial charge >= 0.3 is 12.1 Å². The lowest BCUT2D eigenvalue weighted by Gasteiger charge is -2.33. The second kappa shape index (κ2) is 6.82. The number of halogens is 3. The van der Waals surface area contributed by atoms with Crippen molar-refractivity contribution >= 4 is 17.7 Å². The average molecular weight is 378 g/mol. The van der Waals surface area contributed by atoms with E-state index in [1.807, 2.05) is 0 Å². The summed E-state index contributed by atoms with van der Waals surface area (Å²) in [6.07, 6.45) is -8.61. The molecular weight excluding hydrogens is 361 g/mol. The van der Waals surface area contributed by atoms with Crippen LogP contribution in [0.25, 0.3) is 0 Å². The number of carboxylic acid groups (broad SMARTS) is 1. The van der Waals surface area contributed by atoms with Crippen molar-refractivity contribution in [3.05, 3.63) is 23.4 Å². The number of carboxylic acids is 1. The van der Waals surface area contributed by atoms with Crippen molar-refractivity contribution in [3.63, 3.8) is 0 Å². The molecule has 1 fully saturated rings. The molecule has 0 aromatic carbocycles. The maximum atomic E-state index is 13.1. The first-order valence-corrected chi connectivity index (χ1v) is 7.49. The maximum Gasteiger partial charge on any atom is 0.418 e. The summed E-state index contributed by atoms with van der Waals surface area (Å²) in [5.74, 6) is -2.85. The molecule has 1 aromatic rings. The number of carbonyl (C=O) groups excluding carboxylic acids is 1. The highest BCUT2D eigenvalue weighted by Gasteiger charge is 2.42. The lowest BCUT2D eigenvalue weighted by molar-refractivity contribution is -0.163. The fraction of sp³-hybridized carbons (Fsp3) is 0.533. The number of aromatic nitrogens is 1. The van der Waals surface area contributed by atoms with Gasteiger partial charge in [-0.1, -0.05) is 0 Å². The number of hydrogen-bond donors (Lipinski definition) is 3. The molecule has 0 radical (unpaired) electrons. The van der Waals surface area contributed by atoms with Crippen molar-refractivity contribution in [2.45, 2.75) is 37.8 Å². The zero-order valence-electron chi connectivity index (χ0n) is 13.8. The van der Waals surface area contributed by atoms with Gasteiger partial charge in [-0.3, -0.25) is 9.69 Å². The summed E-state index contributed by atoms with van der Waals surface area (Å²) >= 11 is 0. The molecule has 1 aliphatic rings. The number of aliphatic hydroxyl groups is 2. The van der Waals surface area contributed by atoms with Gasteiger partial charge in [0, 0.05) is 0 Å². The average Bonchev–Trinajstić information content (AvgIpc) is 2.52. The minimum absolute atomic E-state index is 0.106. The summed E-state index contributed by atoms with van der Waals surface area (Å²) in [5, 5.41) is 28.4. The maximum absolute atomic E-state index is 13.1. The number of alkyl halides is 3. The molecule has 26 heavy (non-hydrogen) atoms. The fourth-order valence-corrected chi connectivity index (χ4v) is 2.48. The van der Waals surface area contributed by atoms with Crippen LogP contribution in [0.5, 0.6) is 0 Å². The van der Waals surface area contributed by atoms with E-state index in [4.69, 9.17) is 9.84 Å². The van der Waals surface area contributed by atoms with E-state index in [-0.39, 0.29) is 19.0 Å². The molecule has 2 heterocycles. The summed E-state index contributed by atoms with van der Waals surface area (Å²) in [6, 6.07) is 1.62. The van der Waals surface area contributed by atoms with Crippen LogP contribution < -0.4 is 4.90 Å². The van der Waals surface area contributed by atoms with Crippen molar-refractivity contribution in [2.75, 3.05) is 18.1 Å². The number of aliphatic carboxylic acids is 1. The van der Waals surface area contributed by atoms with Gasteiger partial charge in [-0.25, -0.2) is 9.78 Å². The molecule has 0 bridgehead atoms. The van der Waals surface area contributed by atoms with Crippen LogP contribution in [0, 0.1) is 0 Å². The van der Waals surface area contributed by atoms with Crippen LogP contribution in [0.15, 0.2) is 12.1 Å². The fourth-order valence-electron chi connectivity index (χ4n) is 2.48. The number of carbonyl (C=O) groups is 2. The second-order valence-corrected chi connectivity index (χ2v) is 6.19. The quantitative estimate of drug-likeness (QED) is 0.698. The Morgan fingerprint density at radius 2 is 2.00 bits per heavy atom. The summed E-state index contributed by atoms with van der Waals surface area (Å²) < 4.78 is 44.4. The van der Waals surface area contributed by atoms with Crippen LogP contribution in [0.4, 0.5) is 19.0 Å². The molecule has 1 aliphatic heterocycles. The Morgan fingerprint density at radius 3 is 2.50 bits per heavy atom. The smallest absolute Gasteiger partial charge is 0.418 e. The molecule has 1 saturated heterocycles. The van der Waals surface area contributed by atoms with Crippen LogP contribution in [0.2, 0.25) is 0 Å². The number of aliphatic hydroxyl groups excluding tert-OH is 1. The Balaban J connectivity index is 2.45. The Morgan fingerprint density at radius 1 is 1.38 bits per heavy atom. The van der Waals surface area contributed by atoms with Gasteiger partial charge in [0.15, 0.2) is 12.2 Å². The molecule has 0 spiro atoms. The van der Waals surface area contributed by atoms with E-state index in [0.29, 0.717) is 6.07 Å². The largest absolute Gasteiger partial charge is 0.479 e. The highest BCUT2D eigenvalue weighted by atomic mass is 19.4. The molecule has 0 saturated carbocycles. The zero-order chi connectivity index (χ0) is 19.9. The van der Waals surface area contributed by atoms with Crippen molar-refractivity contribution in [2.24, 2.45) is 0 Å². The van der Waals surface area contributed by atoms with Gasteiger partial charge in [0.05, 0.1) is 24.4 Å². The predicted molar refractivity (Wildman–Crippen MR) is 80.2 cm³/mol.